The smallest absolute Gasteiger partial charge is 0.376 e. The minimum absolute atomic E-state index is 0.0119. The van der Waals surface area contributed by atoms with Gasteiger partial charge in [0.1, 0.15) is 0 Å². The summed E-state index contributed by atoms with van der Waals surface area (Å²) in [6, 6.07) is 0. The predicted octanol–water partition coefficient (Wildman–Crippen LogP) is 2.47. The van der Waals surface area contributed by atoms with E-state index in [0.29, 0.717) is 13.0 Å². The summed E-state index contributed by atoms with van der Waals surface area (Å²) in [6.07, 6.45) is 0.874. The van der Waals surface area contributed by atoms with Gasteiger partial charge in [0.2, 0.25) is 11.8 Å². The molecule has 3 aliphatic heterocycles. The van der Waals surface area contributed by atoms with Crippen molar-refractivity contribution in [3.05, 3.63) is 11.7 Å². The highest BCUT2D eigenvalue weighted by Gasteiger charge is 2.42. The number of hydrogen-bond donors (Lipinski definition) is 0. The van der Waals surface area contributed by atoms with Crippen LogP contribution in [0.25, 0.3) is 0 Å². The van der Waals surface area contributed by atoms with E-state index >= 15 is 0 Å². The Balaban J connectivity index is 1.31. The topological polar surface area (TPSA) is 71.7 Å². The van der Waals surface area contributed by atoms with Crippen LogP contribution in [0.5, 0.6) is 0 Å². The van der Waals surface area contributed by atoms with E-state index in [0.717, 1.165) is 58.3 Å². The Morgan fingerprint density at radius 3 is 2.64 bits per heavy atom. The molecule has 0 aliphatic carbocycles. The molecule has 156 valence electrons. The largest absolute Gasteiger partial charge is 0.455 e. The van der Waals surface area contributed by atoms with Gasteiger partial charge in [0.25, 0.3) is 5.82 Å². The molecule has 0 radical (unpaired) electrons. The summed E-state index contributed by atoms with van der Waals surface area (Å²) in [5.41, 5.74) is 0.0922. The summed E-state index contributed by atoms with van der Waals surface area (Å²) in [5.74, 6) is -1.04. The number of piperidine rings is 2. The van der Waals surface area contributed by atoms with Crippen LogP contribution in [0.4, 0.5) is 13.2 Å². The number of carbonyl (C=O) groups is 1. The SMILES string of the molecule is O=C1CCC2(CCN(Cc3nc(C(F)(F)F)no3)CC2)CN1C[C@H]1CCCO1. The molecule has 1 aromatic heterocycles. The lowest BCUT2D eigenvalue weighted by molar-refractivity contribution is -0.146. The first-order valence-corrected chi connectivity index (χ1v) is 9.85. The summed E-state index contributed by atoms with van der Waals surface area (Å²) >= 11 is 0. The third kappa shape index (κ3) is 4.32. The molecule has 3 aliphatic rings. The highest BCUT2D eigenvalue weighted by atomic mass is 19.4. The molecule has 7 nitrogen and oxygen atoms in total. The van der Waals surface area contributed by atoms with E-state index in [4.69, 9.17) is 9.26 Å². The zero-order valence-electron chi connectivity index (χ0n) is 15.7. The molecule has 0 unspecified atom stereocenters. The van der Waals surface area contributed by atoms with E-state index in [1.54, 1.807) is 0 Å². The zero-order valence-corrected chi connectivity index (χ0v) is 15.7. The average Bonchev–Trinajstić information content (AvgIpc) is 3.32. The van der Waals surface area contributed by atoms with Crippen molar-refractivity contribution in [3.63, 3.8) is 0 Å². The number of amides is 1. The molecule has 0 bridgehead atoms. The maximum Gasteiger partial charge on any atom is 0.455 e. The summed E-state index contributed by atoms with van der Waals surface area (Å²) in [4.78, 5) is 19.8. The fourth-order valence-electron chi connectivity index (χ4n) is 4.52. The Bertz CT molecular complexity index is 694. The summed E-state index contributed by atoms with van der Waals surface area (Å²) in [7, 11) is 0. The van der Waals surface area contributed by atoms with E-state index in [9.17, 15) is 18.0 Å². The molecule has 0 aromatic carbocycles. The van der Waals surface area contributed by atoms with Crippen LogP contribution in [0, 0.1) is 5.41 Å². The van der Waals surface area contributed by atoms with Gasteiger partial charge in [-0.15, -0.1) is 0 Å². The van der Waals surface area contributed by atoms with Gasteiger partial charge in [0.05, 0.1) is 12.6 Å². The molecular formula is C18H25F3N4O3. The van der Waals surface area contributed by atoms with E-state index in [1.165, 1.54) is 0 Å². The maximum atomic E-state index is 12.6. The van der Waals surface area contributed by atoms with Crippen LogP contribution < -0.4 is 0 Å². The van der Waals surface area contributed by atoms with Crippen molar-refractivity contribution in [2.45, 2.75) is 57.3 Å². The van der Waals surface area contributed by atoms with Crippen LogP contribution in [0.15, 0.2) is 4.52 Å². The maximum absolute atomic E-state index is 12.6. The molecule has 3 saturated heterocycles. The van der Waals surface area contributed by atoms with Crippen LogP contribution in [0.2, 0.25) is 0 Å². The molecule has 3 fully saturated rings. The molecule has 1 atom stereocenters. The van der Waals surface area contributed by atoms with Gasteiger partial charge in [-0.2, -0.15) is 18.2 Å². The predicted molar refractivity (Wildman–Crippen MR) is 91.0 cm³/mol. The number of ether oxygens (including phenoxy) is 1. The highest BCUT2D eigenvalue weighted by molar-refractivity contribution is 5.77. The van der Waals surface area contributed by atoms with Gasteiger partial charge in [-0.05, 0) is 50.6 Å². The van der Waals surface area contributed by atoms with Crippen molar-refractivity contribution in [1.29, 1.82) is 0 Å². The van der Waals surface area contributed by atoms with Crippen molar-refractivity contribution >= 4 is 5.91 Å². The lowest BCUT2D eigenvalue weighted by Gasteiger charge is -2.47. The van der Waals surface area contributed by atoms with E-state index < -0.39 is 12.0 Å². The Labute approximate surface area is 161 Å². The van der Waals surface area contributed by atoms with Crippen LogP contribution >= 0.6 is 0 Å². The minimum atomic E-state index is -4.59. The lowest BCUT2D eigenvalue weighted by atomic mass is 9.72. The van der Waals surface area contributed by atoms with Gasteiger partial charge in [-0.25, -0.2) is 0 Å². The van der Waals surface area contributed by atoms with Gasteiger partial charge in [0, 0.05) is 26.1 Å². The number of hydrogen-bond acceptors (Lipinski definition) is 6. The molecule has 10 heteroatoms. The Hall–Kier alpha value is -1.68. The zero-order chi connectivity index (χ0) is 19.8. The molecule has 4 heterocycles. The van der Waals surface area contributed by atoms with Crippen LogP contribution in [0.1, 0.15) is 50.2 Å². The fraction of sp³-hybridized carbons (Fsp3) is 0.833. The average molecular weight is 402 g/mol. The summed E-state index contributed by atoms with van der Waals surface area (Å²) < 4.78 is 48.2. The van der Waals surface area contributed by atoms with Gasteiger partial charge >= 0.3 is 6.18 Å². The van der Waals surface area contributed by atoms with Crippen LogP contribution in [0.3, 0.4) is 0 Å². The molecular weight excluding hydrogens is 377 g/mol. The molecule has 28 heavy (non-hydrogen) atoms. The summed E-state index contributed by atoms with van der Waals surface area (Å²) in [6.45, 7) is 3.90. The Kier molecular flexibility index (Phi) is 5.34. The fourth-order valence-corrected chi connectivity index (χ4v) is 4.52. The van der Waals surface area contributed by atoms with Gasteiger partial charge in [-0.3, -0.25) is 9.69 Å². The number of likely N-dealkylation sites (tertiary alicyclic amines) is 2. The first-order valence-electron chi connectivity index (χ1n) is 9.85. The second-order valence-corrected chi connectivity index (χ2v) is 8.19. The molecule has 0 saturated carbocycles. The lowest BCUT2D eigenvalue weighted by Crippen LogP contribution is -2.52. The molecule has 1 aromatic rings. The second-order valence-electron chi connectivity index (χ2n) is 8.19. The van der Waals surface area contributed by atoms with Crippen molar-refractivity contribution in [2.24, 2.45) is 5.41 Å². The van der Waals surface area contributed by atoms with Gasteiger partial charge < -0.3 is 14.2 Å². The second kappa shape index (κ2) is 7.62. The van der Waals surface area contributed by atoms with Crippen molar-refractivity contribution in [2.75, 3.05) is 32.8 Å². The number of alkyl halides is 3. The van der Waals surface area contributed by atoms with E-state index in [-0.39, 0.29) is 29.9 Å². The number of carbonyl (C=O) groups excluding carboxylic acids is 1. The highest BCUT2D eigenvalue weighted by Crippen LogP contribution is 2.40. The molecule has 0 N–H and O–H groups in total. The van der Waals surface area contributed by atoms with Crippen molar-refractivity contribution in [3.8, 4) is 0 Å². The van der Waals surface area contributed by atoms with Crippen molar-refractivity contribution in [1.82, 2.24) is 19.9 Å². The van der Waals surface area contributed by atoms with Crippen LogP contribution in [-0.2, 0) is 22.3 Å². The van der Waals surface area contributed by atoms with Gasteiger partial charge in [-0.1, -0.05) is 5.16 Å². The monoisotopic (exact) mass is 402 g/mol. The molecule has 1 amide bonds. The standard InChI is InChI=1S/C18H25F3N4O3/c19-18(20,21)16-22-14(28-23-16)11-24-7-5-17(6-8-24)4-3-15(26)25(12-17)10-13-2-1-9-27-13/h13H,1-12H2/t13-/m1/s1. The van der Waals surface area contributed by atoms with Crippen molar-refractivity contribution < 1.29 is 27.2 Å². The number of halogens is 3. The quantitative estimate of drug-likeness (QED) is 0.771. The Morgan fingerprint density at radius 2 is 2.00 bits per heavy atom. The van der Waals surface area contributed by atoms with E-state index in [2.05, 4.69) is 10.1 Å². The number of nitrogens with zero attached hydrogens (tertiary/aromatic N) is 4. The number of aromatic nitrogens is 2. The van der Waals surface area contributed by atoms with E-state index in [1.807, 2.05) is 9.80 Å². The molecule has 1 spiro atoms. The third-order valence-corrected chi connectivity index (χ3v) is 6.19. The first-order chi connectivity index (χ1) is 13.3. The van der Waals surface area contributed by atoms with Crippen LogP contribution in [-0.4, -0.2) is 64.7 Å². The first kappa shape index (κ1) is 19.6. The normalized spacial score (nSPS) is 26.3. The Morgan fingerprint density at radius 1 is 1.21 bits per heavy atom. The summed E-state index contributed by atoms with van der Waals surface area (Å²) in [5, 5.41) is 3.01. The third-order valence-electron chi connectivity index (χ3n) is 6.19. The number of rotatable bonds is 4. The minimum Gasteiger partial charge on any atom is -0.376 e. The molecule has 4 rings (SSSR count). The van der Waals surface area contributed by atoms with Gasteiger partial charge in [0.15, 0.2) is 0 Å².